The van der Waals surface area contributed by atoms with Crippen LogP contribution >= 0.6 is 46.4 Å². The Balaban J connectivity index is 2.12. The van der Waals surface area contributed by atoms with Gasteiger partial charge in [0.05, 0.1) is 15.6 Å². The van der Waals surface area contributed by atoms with Crippen molar-refractivity contribution in [3.63, 3.8) is 0 Å². The summed E-state index contributed by atoms with van der Waals surface area (Å²) in [6.45, 7) is 4.99. The molecule has 0 aliphatic heterocycles. The Morgan fingerprint density at radius 2 is 1.50 bits per heavy atom. The van der Waals surface area contributed by atoms with E-state index in [4.69, 9.17) is 46.4 Å². The summed E-state index contributed by atoms with van der Waals surface area (Å²) in [6, 6.07) is 14.5. The third-order valence-corrected chi connectivity index (χ3v) is 9.07. The first-order chi connectivity index (χ1) is 18.9. The normalized spacial score (nSPS) is 12.1. The molecule has 0 bridgehead atoms. The summed E-state index contributed by atoms with van der Waals surface area (Å²) in [5.41, 5.74) is 1.43. The molecule has 7 nitrogen and oxygen atoms in total. The molecular formula is C28H29Cl4N3O4S. The van der Waals surface area contributed by atoms with Crippen LogP contribution in [0.1, 0.15) is 31.4 Å². The number of nitrogens with one attached hydrogen (secondary N) is 1. The second-order valence-corrected chi connectivity index (χ2v) is 12.5. The van der Waals surface area contributed by atoms with Crippen LogP contribution in [-0.2, 0) is 26.2 Å². The van der Waals surface area contributed by atoms with Crippen LogP contribution in [0.5, 0.6) is 0 Å². The standard InChI is InChI=1S/C28H29Cl4N3O4S/c1-4-25(28(37)33-5-2)34(16-19-8-9-20(29)14-24(19)32)27(36)17-35(26-15-21(30)10-13-23(26)31)40(38,39)22-11-6-18(3)7-12-22/h6-15,25H,4-5,16-17H2,1-3H3,(H,33,37). The summed E-state index contributed by atoms with van der Waals surface area (Å²) in [5.74, 6) is -1.02. The van der Waals surface area contributed by atoms with Gasteiger partial charge >= 0.3 is 0 Å². The number of hydrogen-bond acceptors (Lipinski definition) is 4. The topological polar surface area (TPSA) is 86.8 Å². The SMILES string of the molecule is CCNC(=O)C(CC)N(Cc1ccc(Cl)cc1Cl)C(=O)CN(c1cc(Cl)ccc1Cl)S(=O)(=O)c1ccc(C)cc1. The van der Waals surface area contributed by atoms with Crippen LogP contribution in [0.15, 0.2) is 65.6 Å². The van der Waals surface area contributed by atoms with E-state index < -0.39 is 28.5 Å². The molecule has 214 valence electrons. The fourth-order valence-electron chi connectivity index (χ4n) is 4.07. The minimum absolute atomic E-state index is 0.0265. The van der Waals surface area contributed by atoms with E-state index in [2.05, 4.69) is 5.32 Å². The fraction of sp³-hybridized carbons (Fsp3) is 0.286. The Bertz CT molecular complexity index is 1480. The van der Waals surface area contributed by atoms with Crippen molar-refractivity contribution in [2.24, 2.45) is 0 Å². The highest BCUT2D eigenvalue weighted by Gasteiger charge is 2.34. The number of carbonyl (C=O) groups is 2. The molecule has 0 aromatic heterocycles. The molecular weight excluding hydrogens is 616 g/mol. The molecule has 1 atom stereocenters. The predicted molar refractivity (Wildman–Crippen MR) is 162 cm³/mol. The van der Waals surface area contributed by atoms with E-state index in [0.717, 1.165) is 9.87 Å². The van der Waals surface area contributed by atoms with Crippen molar-refractivity contribution in [3.05, 3.63) is 91.9 Å². The Morgan fingerprint density at radius 3 is 2.10 bits per heavy atom. The molecule has 3 rings (SSSR count). The van der Waals surface area contributed by atoms with Crippen LogP contribution in [0.25, 0.3) is 0 Å². The van der Waals surface area contributed by atoms with Gasteiger partial charge in [0.1, 0.15) is 12.6 Å². The van der Waals surface area contributed by atoms with Crippen molar-refractivity contribution in [2.75, 3.05) is 17.4 Å². The minimum Gasteiger partial charge on any atom is -0.355 e. The van der Waals surface area contributed by atoms with Gasteiger partial charge in [-0.05, 0) is 68.3 Å². The molecule has 0 heterocycles. The van der Waals surface area contributed by atoms with Crippen LogP contribution in [-0.4, -0.2) is 44.3 Å². The summed E-state index contributed by atoms with van der Waals surface area (Å²) in [5, 5.41) is 3.77. The molecule has 0 saturated heterocycles. The maximum Gasteiger partial charge on any atom is 0.264 e. The lowest BCUT2D eigenvalue weighted by Gasteiger charge is -2.33. The maximum absolute atomic E-state index is 14.0. The van der Waals surface area contributed by atoms with Gasteiger partial charge in [0, 0.05) is 28.2 Å². The van der Waals surface area contributed by atoms with Gasteiger partial charge in [-0.15, -0.1) is 0 Å². The molecule has 3 aromatic rings. The number of rotatable bonds is 11. The highest BCUT2D eigenvalue weighted by molar-refractivity contribution is 7.92. The van der Waals surface area contributed by atoms with Crippen molar-refractivity contribution in [2.45, 2.75) is 44.7 Å². The monoisotopic (exact) mass is 643 g/mol. The first-order valence-corrected chi connectivity index (χ1v) is 15.4. The average molecular weight is 645 g/mol. The van der Waals surface area contributed by atoms with Crippen molar-refractivity contribution in [1.29, 1.82) is 0 Å². The lowest BCUT2D eigenvalue weighted by molar-refractivity contribution is -0.140. The number of hydrogen-bond donors (Lipinski definition) is 1. The number of sulfonamides is 1. The van der Waals surface area contributed by atoms with E-state index in [1.807, 2.05) is 6.92 Å². The van der Waals surface area contributed by atoms with E-state index in [1.54, 1.807) is 38.1 Å². The summed E-state index contributed by atoms with van der Waals surface area (Å²) < 4.78 is 28.8. The number of amides is 2. The van der Waals surface area contributed by atoms with Gasteiger partial charge in [0.25, 0.3) is 10.0 Å². The number of likely N-dealkylation sites (N-methyl/N-ethyl adjacent to an activating group) is 1. The van der Waals surface area contributed by atoms with Crippen molar-refractivity contribution in [3.8, 4) is 0 Å². The summed E-state index contributed by atoms with van der Waals surface area (Å²) >= 11 is 25.1. The summed E-state index contributed by atoms with van der Waals surface area (Å²) in [7, 11) is -4.29. The highest BCUT2D eigenvalue weighted by Crippen LogP contribution is 2.33. The zero-order chi connectivity index (χ0) is 29.6. The van der Waals surface area contributed by atoms with Crippen molar-refractivity contribution in [1.82, 2.24) is 10.2 Å². The van der Waals surface area contributed by atoms with Crippen LogP contribution < -0.4 is 9.62 Å². The third-order valence-electron chi connectivity index (χ3n) is 6.16. The van der Waals surface area contributed by atoms with E-state index in [-0.39, 0.29) is 39.5 Å². The molecule has 0 radical (unpaired) electrons. The zero-order valence-electron chi connectivity index (χ0n) is 22.1. The van der Waals surface area contributed by atoms with Gasteiger partial charge in [-0.25, -0.2) is 8.42 Å². The fourth-order valence-corrected chi connectivity index (χ4v) is 6.40. The van der Waals surface area contributed by atoms with E-state index >= 15 is 0 Å². The van der Waals surface area contributed by atoms with Crippen LogP contribution in [0.4, 0.5) is 5.69 Å². The van der Waals surface area contributed by atoms with E-state index in [1.165, 1.54) is 41.3 Å². The number of aryl methyl sites for hydroxylation is 1. The molecule has 40 heavy (non-hydrogen) atoms. The third kappa shape index (κ3) is 7.62. The summed E-state index contributed by atoms with van der Waals surface area (Å²) in [4.78, 5) is 28.3. The second kappa shape index (κ2) is 13.9. The van der Waals surface area contributed by atoms with Gasteiger partial charge in [-0.2, -0.15) is 0 Å². The van der Waals surface area contributed by atoms with Crippen molar-refractivity contribution >= 4 is 73.9 Å². The number of nitrogens with zero attached hydrogens (tertiary/aromatic N) is 2. The molecule has 0 aliphatic carbocycles. The first-order valence-electron chi connectivity index (χ1n) is 12.4. The van der Waals surface area contributed by atoms with Crippen LogP contribution in [0.3, 0.4) is 0 Å². The van der Waals surface area contributed by atoms with Crippen molar-refractivity contribution < 1.29 is 18.0 Å². The molecule has 1 unspecified atom stereocenters. The molecule has 1 N–H and O–H groups in total. The largest absolute Gasteiger partial charge is 0.355 e. The first kappa shape index (κ1) is 32.0. The number of benzene rings is 3. The Kier molecular flexibility index (Phi) is 11.1. The zero-order valence-corrected chi connectivity index (χ0v) is 26.0. The molecule has 0 aliphatic rings. The Labute approximate surface area is 255 Å². The lowest BCUT2D eigenvalue weighted by atomic mass is 10.1. The van der Waals surface area contributed by atoms with E-state index in [9.17, 15) is 18.0 Å². The maximum atomic E-state index is 14.0. The molecule has 0 spiro atoms. The molecule has 2 amide bonds. The van der Waals surface area contributed by atoms with Crippen LogP contribution in [0.2, 0.25) is 20.1 Å². The predicted octanol–water partition coefficient (Wildman–Crippen LogP) is 6.75. The molecule has 12 heteroatoms. The quantitative estimate of drug-likeness (QED) is 0.250. The highest BCUT2D eigenvalue weighted by atomic mass is 35.5. The van der Waals surface area contributed by atoms with Gasteiger partial charge in [-0.1, -0.05) is 77.1 Å². The molecule has 0 fully saturated rings. The van der Waals surface area contributed by atoms with Gasteiger partial charge in [0.15, 0.2) is 0 Å². The minimum atomic E-state index is -4.29. The summed E-state index contributed by atoms with van der Waals surface area (Å²) in [6.07, 6.45) is 0.269. The molecule has 0 saturated carbocycles. The lowest BCUT2D eigenvalue weighted by Crippen LogP contribution is -2.52. The van der Waals surface area contributed by atoms with E-state index in [0.29, 0.717) is 22.2 Å². The second-order valence-electron chi connectivity index (χ2n) is 9.00. The van der Waals surface area contributed by atoms with Crippen LogP contribution in [0, 0.1) is 6.92 Å². The van der Waals surface area contributed by atoms with Gasteiger partial charge in [-0.3, -0.25) is 13.9 Å². The smallest absolute Gasteiger partial charge is 0.264 e. The Morgan fingerprint density at radius 1 is 0.875 bits per heavy atom. The average Bonchev–Trinajstić information content (AvgIpc) is 2.90. The Hall–Kier alpha value is -2.49. The number of anilines is 1. The number of carbonyl (C=O) groups excluding carboxylic acids is 2. The van der Waals surface area contributed by atoms with Gasteiger partial charge in [0.2, 0.25) is 11.8 Å². The number of halogens is 4. The van der Waals surface area contributed by atoms with Gasteiger partial charge < -0.3 is 10.2 Å². The molecule has 3 aromatic carbocycles.